The SMILES string of the molecule is CCCCCCCCCCCCCCCC(O)(CCCCC)S(=O)(=O)O. The van der Waals surface area contributed by atoms with Gasteiger partial charge in [-0.3, -0.25) is 4.55 Å². The molecule has 0 aromatic heterocycles. The molecule has 158 valence electrons. The van der Waals surface area contributed by atoms with E-state index in [2.05, 4.69) is 6.92 Å². The lowest BCUT2D eigenvalue weighted by Crippen LogP contribution is -2.38. The molecule has 0 aromatic carbocycles. The first-order valence-electron chi connectivity index (χ1n) is 11.1. The molecule has 0 saturated carbocycles. The van der Waals surface area contributed by atoms with Crippen LogP contribution in [0.1, 0.15) is 129 Å². The summed E-state index contributed by atoms with van der Waals surface area (Å²) < 4.78 is 32.4. The molecule has 4 nitrogen and oxygen atoms in total. The van der Waals surface area contributed by atoms with E-state index in [0.717, 1.165) is 25.7 Å². The van der Waals surface area contributed by atoms with Gasteiger partial charge < -0.3 is 5.11 Å². The molecule has 0 aromatic rings. The van der Waals surface area contributed by atoms with Gasteiger partial charge >= 0.3 is 0 Å². The summed E-state index contributed by atoms with van der Waals surface area (Å²) in [6.45, 7) is 4.27. The molecule has 5 heteroatoms. The first kappa shape index (κ1) is 25.9. The fourth-order valence-electron chi connectivity index (χ4n) is 3.45. The Morgan fingerprint density at radius 2 is 0.846 bits per heavy atom. The summed E-state index contributed by atoms with van der Waals surface area (Å²) in [6, 6.07) is 0. The first-order chi connectivity index (χ1) is 12.4. The van der Waals surface area contributed by atoms with E-state index in [1.807, 2.05) is 6.92 Å². The Kier molecular flexibility index (Phi) is 15.8. The molecule has 0 bridgehead atoms. The van der Waals surface area contributed by atoms with Crippen molar-refractivity contribution in [3.63, 3.8) is 0 Å². The largest absolute Gasteiger partial charge is 0.372 e. The molecule has 26 heavy (non-hydrogen) atoms. The summed E-state index contributed by atoms with van der Waals surface area (Å²) in [6.07, 6.45) is 18.6. The van der Waals surface area contributed by atoms with Crippen LogP contribution < -0.4 is 0 Å². The van der Waals surface area contributed by atoms with Crippen LogP contribution >= 0.6 is 0 Å². The van der Waals surface area contributed by atoms with E-state index in [-0.39, 0.29) is 12.8 Å². The zero-order valence-corrected chi connectivity index (χ0v) is 18.2. The highest BCUT2D eigenvalue weighted by atomic mass is 32.2. The summed E-state index contributed by atoms with van der Waals surface area (Å²) in [5.74, 6) is 0. The topological polar surface area (TPSA) is 74.6 Å². The van der Waals surface area contributed by atoms with E-state index in [9.17, 15) is 18.1 Å². The highest BCUT2D eigenvalue weighted by molar-refractivity contribution is 7.87. The maximum atomic E-state index is 11.5. The third-order valence-corrected chi connectivity index (χ3v) is 6.69. The molecule has 0 aliphatic carbocycles. The van der Waals surface area contributed by atoms with Crippen molar-refractivity contribution in [1.82, 2.24) is 0 Å². The maximum Gasteiger partial charge on any atom is 0.294 e. The third kappa shape index (κ3) is 13.1. The number of hydrogen-bond donors (Lipinski definition) is 2. The number of aliphatic hydroxyl groups is 1. The monoisotopic (exact) mass is 392 g/mol. The van der Waals surface area contributed by atoms with E-state index < -0.39 is 15.1 Å². The van der Waals surface area contributed by atoms with E-state index in [1.54, 1.807) is 0 Å². The highest BCUT2D eigenvalue weighted by Gasteiger charge is 2.39. The second-order valence-electron chi connectivity index (χ2n) is 7.87. The van der Waals surface area contributed by atoms with Crippen molar-refractivity contribution in [2.45, 2.75) is 134 Å². The highest BCUT2D eigenvalue weighted by Crippen LogP contribution is 2.27. The fraction of sp³-hybridized carbons (Fsp3) is 1.00. The summed E-state index contributed by atoms with van der Waals surface area (Å²) in [7, 11) is -4.41. The summed E-state index contributed by atoms with van der Waals surface area (Å²) in [4.78, 5) is -1.94. The Hall–Kier alpha value is -0.130. The summed E-state index contributed by atoms with van der Waals surface area (Å²) >= 11 is 0. The van der Waals surface area contributed by atoms with Gasteiger partial charge in [0.1, 0.15) is 0 Å². The first-order valence-corrected chi connectivity index (χ1v) is 12.5. The number of unbranched alkanes of at least 4 members (excludes halogenated alkanes) is 14. The third-order valence-electron chi connectivity index (χ3n) is 5.32. The minimum atomic E-state index is -4.41. The molecule has 0 amide bonds. The van der Waals surface area contributed by atoms with Crippen molar-refractivity contribution in [3.05, 3.63) is 0 Å². The van der Waals surface area contributed by atoms with Crippen LogP contribution in [0.2, 0.25) is 0 Å². The van der Waals surface area contributed by atoms with Crippen molar-refractivity contribution < 1.29 is 18.1 Å². The van der Waals surface area contributed by atoms with Crippen LogP contribution in [0.25, 0.3) is 0 Å². The Balaban J connectivity index is 3.67. The van der Waals surface area contributed by atoms with Crippen LogP contribution in [0.4, 0.5) is 0 Å². The molecule has 0 radical (unpaired) electrons. The maximum absolute atomic E-state index is 11.5. The Morgan fingerprint density at radius 1 is 0.577 bits per heavy atom. The number of rotatable bonds is 19. The van der Waals surface area contributed by atoms with Crippen LogP contribution in [-0.4, -0.2) is 23.0 Å². The van der Waals surface area contributed by atoms with Crippen molar-refractivity contribution in [2.75, 3.05) is 0 Å². The van der Waals surface area contributed by atoms with E-state index in [1.165, 1.54) is 64.2 Å². The zero-order valence-electron chi connectivity index (χ0n) is 17.3. The minimum absolute atomic E-state index is 0.137. The van der Waals surface area contributed by atoms with Gasteiger partial charge in [0.2, 0.25) is 0 Å². The van der Waals surface area contributed by atoms with E-state index in [0.29, 0.717) is 12.8 Å². The molecule has 0 spiro atoms. The van der Waals surface area contributed by atoms with E-state index >= 15 is 0 Å². The molecular formula is C21H44O4S. The second-order valence-corrected chi connectivity index (χ2v) is 9.58. The lowest BCUT2D eigenvalue weighted by atomic mass is 10.0. The van der Waals surface area contributed by atoms with Gasteiger partial charge in [-0.1, -0.05) is 104 Å². The quantitative estimate of drug-likeness (QED) is 0.191. The molecule has 0 saturated heterocycles. The Labute approximate surface area is 162 Å². The molecule has 0 aliphatic heterocycles. The zero-order chi connectivity index (χ0) is 19.7. The van der Waals surface area contributed by atoms with E-state index in [4.69, 9.17) is 0 Å². The fourth-order valence-corrected chi connectivity index (χ4v) is 4.26. The predicted octanol–water partition coefficient (Wildman–Crippen LogP) is 6.62. The lowest BCUT2D eigenvalue weighted by molar-refractivity contribution is 0.0886. The van der Waals surface area contributed by atoms with Gasteiger partial charge in [-0.15, -0.1) is 0 Å². The average Bonchev–Trinajstić information content (AvgIpc) is 2.58. The van der Waals surface area contributed by atoms with Crippen molar-refractivity contribution in [1.29, 1.82) is 0 Å². The van der Waals surface area contributed by atoms with Crippen molar-refractivity contribution >= 4 is 10.1 Å². The Morgan fingerprint density at radius 3 is 1.19 bits per heavy atom. The standard InChI is InChI=1S/C21H44O4S/c1-3-5-7-8-9-10-11-12-13-14-15-16-18-20-21(22,26(23,24)25)19-17-6-4-2/h22H,3-20H2,1-2H3,(H,23,24,25). The van der Waals surface area contributed by atoms with Gasteiger partial charge in [-0.2, -0.15) is 8.42 Å². The van der Waals surface area contributed by atoms with Crippen LogP contribution in [0, 0.1) is 0 Å². The lowest BCUT2D eigenvalue weighted by Gasteiger charge is -2.24. The molecular weight excluding hydrogens is 348 g/mol. The van der Waals surface area contributed by atoms with Crippen LogP contribution in [0.15, 0.2) is 0 Å². The summed E-state index contributed by atoms with van der Waals surface area (Å²) in [5.41, 5.74) is 0. The molecule has 1 unspecified atom stereocenters. The molecule has 0 rings (SSSR count). The molecule has 1 atom stereocenters. The predicted molar refractivity (Wildman–Crippen MR) is 111 cm³/mol. The van der Waals surface area contributed by atoms with Gasteiger partial charge in [0.15, 0.2) is 4.93 Å². The average molecular weight is 393 g/mol. The van der Waals surface area contributed by atoms with Crippen LogP contribution in [0.5, 0.6) is 0 Å². The molecule has 2 N–H and O–H groups in total. The van der Waals surface area contributed by atoms with Gasteiger partial charge in [-0.25, -0.2) is 0 Å². The molecule has 0 fully saturated rings. The Bertz CT molecular complexity index is 408. The van der Waals surface area contributed by atoms with Crippen molar-refractivity contribution in [2.24, 2.45) is 0 Å². The minimum Gasteiger partial charge on any atom is -0.372 e. The van der Waals surface area contributed by atoms with Gasteiger partial charge in [-0.05, 0) is 25.7 Å². The van der Waals surface area contributed by atoms with Crippen molar-refractivity contribution in [3.8, 4) is 0 Å². The van der Waals surface area contributed by atoms with Gasteiger partial charge in [0.05, 0.1) is 0 Å². The molecule has 0 aliphatic rings. The van der Waals surface area contributed by atoms with Crippen LogP contribution in [-0.2, 0) is 10.1 Å². The summed E-state index contributed by atoms with van der Waals surface area (Å²) in [5, 5.41) is 10.3. The normalized spacial score (nSPS) is 14.5. The second kappa shape index (κ2) is 15.9. The van der Waals surface area contributed by atoms with Gasteiger partial charge in [0.25, 0.3) is 10.1 Å². The van der Waals surface area contributed by atoms with Gasteiger partial charge in [0, 0.05) is 0 Å². The smallest absolute Gasteiger partial charge is 0.294 e. The molecule has 0 heterocycles. The van der Waals surface area contributed by atoms with Crippen LogP contribution in [0.3, 0.4) is 0 Å². The number of hydrogen-bond acceptors (Lipinski definition) is 3.